The first kappa shape index (κ1) is 38.1. The average Bonchev–Trinajstić information content (AvgIpc) is 3.03. The van der Waals surface area contributed by atoms with E-state index in [1.165, 1.54) is 42.2 Å². The van der Waals surface area contributed by atoms with Crippen LogP contribution in [0.1, 0.15) is 54.0 Å². The van der Waals surface area contributed by atoms with Crippen molar-refractivity contribution in [3.05, 3.63) is 100 Å². The number of methoxy groups -OCH3 is 1. The van der Waals surface area contributed by atoms with Gasteiger partial charge in [-0.1, -0.05) is 50.3 Å². The van der Waals surface area contributed by atoms with E-state index in [1.807, 2.05) is 26.2 Å². The van der Waals surface area contributed by atoms with E-state index in [4.69, 9.17) is 9.47 Å². The van der Waals surface area contributed by atoms with Gasteiger partial charge in [-0.3, -0.25) is 0 Å². The highest BCUT2D eigenvalue weighted by Crippen LogP contribution is 2.45. The predicted molar refractivity (Wildman–Crippen MR) is 170 cm³/mol. The summed E-state index contributed by atoms with van der Waals surface area (Å²) in [6.07, 6.45) is -9.07. The van der Waals surface area contributed by atoms with Gasteiger partial charge in [0.1, 0.15) is 5.60 Å². The molecule has 0 saturated carbocycles. The van der Waals surface area contributed by atoms with Gasteiger partial charge in [-0.15, -0.1) is 0 Å². The number of benzene rings is 2. The number of aromatic nitrogens is 2. The molecule has 0 fully saturated rings. The maximum absolute atomic E-state index is 14.2. The Morgan fingerprint density at radius 3 is 2.04 bits per heavy atom. The van der Waals surface area contributed by atoms with Gasteiger partial charge in [0.2, 0.25) is 5.95 Å². The molecule has 1 heterocycles. The third-order valence-electron chi connectivity index (χ3n) is 7.96. The molecule has 15 heteroatoms. The molecule has 1 aromatic heterocycles. The fourth-order valence-electron chi connectivity index (χ4n) is 5.43. The predicted octanol–water partition coefficient (Wildman–Crippen LogP) is 9.75. The van der Waals surface area contributed by atoms with Crippen molar-refractivity contribution in [1.82, 2.24) is 9.97 Å². The fourth-order valence-corrected chi connectivity index (χ4v) is 5.68. The lowest BCUT2D eigenvalue weighted by molar-refractivity contribution is -0.143. The van der Waals surface area contributed by atoms with Crippen LogP contribution in [-0.4, -0.2) is 54.0 Å². The summed E-state index contributed by atoms with van der Waals surface area (Å²) >= 11 is 1.52. The molecule has 0 radical (unpaired) electrons. The number of rotatable bonds is 12. The lowest BCUT2D eigenvalue weighted by Gasteiger charge is -2.42. The SMILES string of the molecule is COC1(CN(Cc2cc(C(F)(F)F)cc(C(F)(F)F)c2)c2ncc(OCCSC)cn2)CC(C(F)(F)F)=CC=C1c1cccc(C(C)C)c1. The normalized spacial score (nSPS) is 17.2. The van der Waals surface area contributed by atoms with Crippen LogP contribution in [0, 0.1) is 0 Å². The van der Waals surface area contributed by atoms with Crippen LogP contribution in [0.15, 0.2) is 72.6 Å². The first-order valence-corrected chi connectivity index (χ1v) is 16.4. The van der Waals surface area contributed by atoms with Gasteiger partial charge >= 0.3 is 18.5 Å². The minimum Gasteiger partial charge on any atom is -0.489 e. The van der Waals surface area contributed by atoms with E-state index in [0.717, 1.165) is 11.6 Å². The van der Waals surface area contributed by atoms with Crippen molar-refractivity contribution in [3.63, 3.8) is 0 Å². The number of thioether (sulfide) groups is 1. The maximum Gasteiger partial charge on any atom is 0.416 e. The van der Waals surface area contributed by atoms with Gasteiger partial charge in [-0.2, -0.15) is 51.3 Å². The number of allylic oxidation sites excluding steroid dienone is 2. The molecule has 1 aliphatic carbocycles. The Morgan fingerprint density at radius 2 is 1.51 bits per heavy atom. The summed E-state index contributed by atoms with van der Waals surface area (Å²) in [6.45, 7) is 3.06. The molecule has 1 aliphatic rings. The van der Waals surface area contributed by atoms with E-state index in [1.54, 1.807) is 18.2 Å². The molecule has 1 unspecified atom stereocenters. The monoisotopic (exact) mass is 719 g/mol. The smallest absolute Gasteiger partial charge is 0.416 e. The molecule has 2 aromatic carbocycles. The highest BCUT2D eigenvalue weighted by Gasteiger charge is 2.47. The summed E-state index contributed by atoms with van der Waals surface area (Å²) in [5, 5.41) is 0. The Bertz CT molecular complexity index is 1620. The molecule has 1 atom stereocenters. The minimum atomic E-state index is -5.12. The largest absolute Gasteiger partial charge is 0.489 e. The first-order chi connectivity index (χ1) is 22.9. The molecule has 0 N–H and O–H groups in total. The number of anilines is 1. The summed E-state index contributed by atoms with van der Waals surface area (Å²) in [6, 6.07) is 8.23. The Kier molecular flexibility index (Phi) is 11.7. The summed E-state index contributed by atoms with van der Waals surface area (Å²) < 4.78 is 137. The Balaban J connectivity index is 1.87. The molecular weight excluding hydrogens is 685 g/mol. The number of nitrogens with zero attached hydrogens (tertiary/aromatic N) is 3. The van der Waals surface area contributed by atoms with Gasteiger partial charge in [-0.05, 0) is 52.6 Å². The van der Waals surface area contributed by atoms with Gasteiger partial charge in [0.05, 0.1) is 36.7 Å². The van der Waals surface area contributed by atoms with E-state index in [9.17, 15) is 39.5 Å². The van der Waals surface area contributed by atoms with Crippen LogP contribution in [-0.2, 0) is 23.6 Å². The van der Waals surface area contributed by atoms with Gasteiger partial charge < -0.3 is 14.4 Å². The standard InChI is InChI=1S/C34H34F9N3O2S/c1-21(2)23-6-5-7-24(14-23)29-9-8-25(32(35,36)37)16-31(29,47-3)20-46(30-44-17-28(18-45-30)48-10-11-49-4)19-22-12-26(33(38,39)40)15-27(13-22)34(41,42)43/h5-9,12-15,17-18,21H,10-11,16,19-20H2,1-4H3. The minimum absolute atomic E-state index is 0.00575. The zero-order chi connectivity index (χ0) is 36.2. The van der Waals surface area contributed by atoms with Gasteiger partial charge in [0.15, 0.2) is 5.75 Å². The molecule has 5 nitrogen and oxygen atoms in total. The molecule has 0 bridgehead atoms. The molecule has 3 aromatic rings. The van der Waals surface area contributed by atoms with Crippen LogP contribution in [0.5, 0.6) is 5.75 Å². The molecule has 4 rings (SSSR count). The molecule has 266 valence electrons. The molecular formula is C34H34F9N3O2S. The molecule has 49 heavy (non-hydrogen) atoms. The highest BCUT2D eigenvalue weighted by atomic mass is 32.2. The summed E-state index contributed by atoms with van der Waals surface area (Å²) in [5.74, 6) is 0.762. The number of hydrogen-bond donors (Lipinski definition) is 0. The second kappa shape index (κ2) is 15.0. The van der Waals surface area contributed by atoms with Crippen molar-refractivity contribution < 1.29 is 49.0 Å². The quantitative estimate of drug-likeness (QED) is 0.137. The highest BCUT2D eigenvalue weighted by molar-refractivity contribution is 7.98. The van der Waals surface area contributed by atoms with E-state index in [-0.39, 0.29) is 23.7 Å². The molecule has 0 aliphatic heterocycles. The van der Waals surface area contributed by atoms with Crippen LogP contribution in [0.3, 0.4) is 0 Å². The third-order valence-corrected chi connectivity index (χ3v) is 8.53. The number of alkyl halides is 9. The van der Waals surface area contributed by atoms with Crippen molar-refractivity contribution in [1.29, 1.82) is 0 Å². The van der Waals surface area contributed by atoms with Crippen molar-refractivity contribution >= 4 is 23.3 Å². The second-order valence-corrected chi connectivity index (χ2v) is 12.7. The maximum atomic E-state index is 14.2. The van der Waals surface area contributed by atoms with Gasteiger partial charge in [0.25, 0.3) is 0 Å². The van der Waals surface area contributed by atoms with Crippen LogP contribution in [0.4, 0.5) is 45.5 Å². The summed E-state index contributed by atoms with van der Waals surface area (Å²) in [7, 11) is 1.20. The van der Waals surface area contributed by atoms with Crippen LogP contribution >= 0.6 is 11.8 Å². The summed E-state index contributed by atoms with van der Waals surface area (Å²) in [4.78, 5) is 9.73. The Labute approximate surface area is 282 Å². The van der Waals surface area contributed by atoms with Gasteiger partial charge in [0, 0.05) is 31.4 Å². The molecule has 0 amide bonds. The number of ether oxygens (including phenoxy) is 2. The van der Waals surface area contributed by atoms with Crippen molar-refractivity contribution in [3.8, 4) is 5.75 Å². The number of halogens is 9. The lowest BCUT2D eigenvalue weighted by atomic mass is 9.77. The molecule has 0 spiro atoms. The van der Waals surface area contributed by atoms with Crippen molar-refractivity contribution in [2.24, 2.45) is 0 Å². The third kappa shape index (κ3) is 9.50. The molecule has 0 saturated heterocycles. The van der Waals surface area contributed by atoms with E-state index in [2.05, 4.69) is 9.97 Å². The van der Waals surface area contributed by atoms with E-state index in [0.29, 0.717) is 35.6 Å². The van der Waals surface area contributed by atoms with Gasteiger partial charge in [-0.25, -0.2) is 9.97 Å². The van der Waals surface area contributed by atoms with Crippen LogP contribution < -0.4 is 9.64 Å². The zero-order valence-electron chi connectivity index (χ0n) is 26.9. The lowest BCUT2D eigenvalue weighted by Crippen LogP contribution is -2.48. The van der Waals surface area contributed by atoms with E-state index >= 15 is 0 Å². The second-order valence-electron chi connectivity index (χ2n) is 11.8. The van der Waals surface area contributed by atoms with Crippen molar-refractivity contribution in [2.75, 3.05) is 37.2 Å². The van der Waals surface area contributed by atoms with Crippen LogP contribution in [0.25, 0.3) is 5.57 Å². The van der Waals surface area contributed by atoms with Crippen LogP contribution in [0.2, 0.25) is 0 Å². The number of hydrogen-bond acceptors (Lipinski definition) is 6. The first-order valence-electron chi connectivity index (χ1n) is 15.0. The average molecular weight is 720 g/mol. The Hall–Kier alpha value is -3.72. The Morgan fingerprint density at radius 1 is 0.878 bits per heavy atom. The summed E-state index contributed by atoms with van der Waals surface area (Å²) in [5.41, 5.74) is -4.50. The van der Waals surface area contributed by atoms with Crippen molar-refractivity contribution in [2.45, 2.75) is 56.9 Å². The van der Waals surface area contributed by atoms with E-state index < -0.39 is 65.9 Å². The zero-order valence-corrected chi connectivity index (χ0v) is 27.7. The topological polar surface area (TPSA) is 47.5 Å². The fraction of sp³-hybridized carbons (Fsp3) is 0.412.